The maximum Gasteiger partial charge on any atom is 0.133 e. The number of nitrogens with one attached hydrogen (secondary N) is 1. The van der Waals surface area contributed by atoms with Gasteiger partial charge in [-0.15, -0.1) is 0 Å². The minimum Gasteiger partial charge on any atom is -0.496 e. The lowest BCUT2D eigenvalue weighted by molar-refractivity contribution is 0.416. The molecule has 0 radical (unpaired) electrons. The van der Waals surface area contributed by atoms with Crippen LogP contribution in [-0.4, -0.2) is 23.4 Å². The molecule has 1 aromatic heterocycles. The Hall–Kier alpha value is -2.27. The highest BCUT2D eigenvalue weighted by Crippen LogP contribution is 2.39. The first kappa shape index (κ1) is 16.2. The van der Waals surface area contributed by atoms with E-state index in [1.807, 2.05) is 16.8 Å². The van der Waals surface area contributed by atoms with Crippen molar-refractivity contribution in [3.63, 3.8) is 0 Å². The lowest BCUT2D eigenvalue weighted by Crippen LogP contribution is -2.05. The number of rotatable bonds is 3. The predicted molar refractivity (Wildman–Crippen MR) is 105 cm³/mol. The van der Waals surface area contributed by atoms with Crippen LogP contribution in [0, 0.1) is 13.8 Å². The molecule has 0 saturated carbocycles. The third kappa shape index (κ3) is 2.72. The number of aryl methyl sites for hydroxylation is 2. The molecule has 0 unspecified atom stereocenters. The van der Waals surface area contributed by atoms with Crippen molar-refractivity contribution in [2.45, 2.75) is 20.3 Å². The predicted octanol–water partition coefficient (Wildman–Crippen LogP) is 4.90. The molecule has 128 valence electrons. The van der Waals surface area contributed by atoms with Crippen molar-refractivity contribution in [1.29, 1.82) is 0 Å². The van der Waals surface area contributed by atoms with Gasteiger partial charge in [0.2, 0.25) is 0 Å². The normalized spacial score (nSPS) is 12.8. The van der Waals surface area contributed by atoms with Crippen LogP contribution in [0.15, 0.2) is 40.9 Å². The molecule has 0 bridgehead atoms. The molecule has 2 aromatic carbocycles. The van der Waals surface area contributed by atoms with Gasteiger partial charge in [-0.3, -0.25) is 0 Å². The molecule has 4 rings (SSSR count). The Labute approximate surface area is 156 Å². The lowest BCUT2D eigenvalue weighted by Gasteiger charge is -2.09. The van der Waals surface area contributed by atoms with E-state index in [1.165, 1.54) is 16.7 Å². The minimum atomic E-state index is 0.836. The van der Waals surface area contributed by atoms with Crippen LogP contribution in [0.25, 0.3) is 16.9 Å². The molecule has 1 aliphatic heterocycles. The third-order valence-corrected chi connectivity index (χ3v) is 5.30. The summed E-state index contributed by atoms with van der Waals surface area (Å²) in [5.41, 5.74) is 6.87. The summed E-state index contributed by atoms with van der Waals surface area (Å²) < 4.78 is 8.61. The number of fused-ring (bicyclic) bond motifs is 1. The van der Waals surface area contributed by atoms with E-state index < -0.39 is 0 Å². The largest absolute Gasteiger partial charge is 0.496 e. The summed E-state index contributed by atoms with van der Waals surface area (Å²) in [6.45, 7) is 5.19. The fourth-order valence-corrected chi connectivity index (χ4v) is 3.66. The Bertz CT molecular complexity index is 962. The molecular weight excluding hydrogens is 378 g/mol. The van der Waals surface area contributed by atoms with Gasteiger partial charge >= 0.3 is 0 Å². The van der Waals surface area contributed by atoms with Gasteiger partial charge in [0, 0.05) is 22.1 Å². The van der Waals surface area contributed by atoms with E-state index in [1.54, 1.807) is 7.11 Å². The Balaban J connectivity index is 1.92. The van der Waals surface area contributed by atoms with Crippen molar-refractivity contribution in [3.8, 4) is 22.7 Å². The fourth-order valence-electron chi connectivity index (χ4n) is 3.30. The molecule has 0 aliphatic carbocycles. The second-order valence-corrected chi connectivity index (χ2v) is 7.29. The van der Waals surface area contributed by atoms with Crippen molar-refractivity contribution >= 4 is 21.7 Å². The zero-order valence-corrected chi connectivity index (χ0v) is 16.1. The van der Waals surface area contributed by atoms with E-state index >= 15 is 0 Å². The quantitative estimate of drug-likeness (QED) is 0.683. The summed E-state index contributed by atoms with van der Waals surface area (Å²) in [6.07, 6.45) is 0.963. The molecule has 5 heteroatoms. The van der Waals surface area contributed by atoms with Crippen LogP contribution in [0.1, 0.15) is 16.7 Å². The van der Waals surface area contributed by atoms with Crippen LogP contribution < -0.4 is 10.1 Å². The first-order chi connectivity index (χ1) is 12.1. The van der Waals surface area contributed by atoms with Crippen LogP contribution in [0.5, 0.6) is 5.75 Å². The fraction of sp³-hybridized carbons (Fsp3) is 0.250. The monoisotopic (exact) mass is 397 g/mol. The van der Waals surface area contributed by atoms with Crippen molar-refractivity contribution < 1.29 is 4.74 Å². The van der Waals surface area contributed by atoms with E-state index in [0.29, 0.717) is 0 Å². The molecule has 25 heavy (non-hydrogen) atoms. The van der Waals surface area contributed by atoms with Crippen molar-refractivity contribution in [2.24, 2.45) is 0 Å². The van der Waals surface area contributed by atoms with Gasteiger partial charge in [-0.05, 0) is 61.7 Å². The summed E-state index contributed by atoms with van der Waals surface area (Å²) >= 11 is 3.57. The molecule has 4 nitrogen and oxygen atoms in total. The van der Waals surface area contributed by atoms with Crippen LogP contribution in [0.3, 0.4) is 0 Å². The Morgan fingerprint density at radius 3 is 2.72 bits per heavy atom. The van der Waals surface area contributed by atoms with E-state index in [0.717, 1.165) is 46.0 Å². The number of methoxy groups -OCH3 is 1. The van der Waals surface area contributed by atoms with Gasteiger partial charge in [0.25, 0.3) is 0 Å². The number of ether oxygens (including phenoxy) is 1. The van der Waals surface area contributed by atoms with Gasteiger partial charge in [0.1, 0.15) is 17.3 Å². The Morgan fingerprint density at radius 2 is 1.96 bits per heavy atom. The van der Waals surface area contributed by atoms with Crippen molar-refractivity contribution in [1.82, 2.24) is 9.78 Å². The van der Waals surface area contributed by atoms with Gasteiger partial charge in [-0.1, -0.05) is 22.0 Å². The van der Waals surface area contributed by atoms with E-state index in [-0.39, 0.29) is 0 Å². The number of hydrogen-bond acceptors (Lipinski definition) is 3. The van der Waals surface area contributed by atoms with Crippen LogP contribution in [-0.2, 0) is 6.42 Å². The van der Waals surface area contributed by atoms with E-state index in [9.17, 15) is 0 Å². The average molecular weight is 398 g/mol. The van der Waals surface area contributed by atoms with Gasteiger partial charge in [0.15, 0.2) is 0 Å². The summed E-state index contributed by atoms with van der Waals surface area (Å²) in [5, 5.41) is 8.44. The number of nitrogens with zero attached hydrogens (tertiary/aromatic N) is 2. The molecule has 0 spiro atoms. The minimum absolute atomic E-state index is 0.836. The van der Waals surface area contributed by atoms with Crippen LogP contribution in [0.2, 0.25) is 0 Å². The zero-order valence-electron chi connectivity index (χ0n) is 14.6. The highest BCUT2D eigenvalue weighted by atomic mass is 79.9. The molecular formula is C20H20BrN3O. The maximum atomic E-state index is 5.57. The summed E-state index contributed by atoms with van der Waals surface area (Å²) in [7, 11) is 1.70. The van der Waals surface area contributed by atoms with Gasteiger partial charge < -0.3 is 10.1 Å². The highest BCUT2D eigenvalue weighted by Gasteiger charge is 2.25. The standard InChI is InChI=1S/C20H20BrN3O/c1-12-4-6-15(10-13(12)2)24-20-16(8-9-22-20)19(23-24)17-11-14(21)5-7-18(17)25-3/h4-7,10-11,22H,8-9H2,1-3H3. The van der Waals surface area contributed by atoms with E-state index in [4.69, 9.17) is 9.84 Å². The molecule has 2 heterocycles. The molecule has 0 saturated heterocycles. The topological polar surface area (TPSA) is 39.1 Å². The molecule has 1 aliphatic rings. The molecule has 0 atom stereocenters. The van der Waals surface area contributed by atoms with Gasteiger partial charge in [-0.2, -0.15) is 5.10 Å². The Morgan fingerprint density at radius 1 is 1.12 bits per heavy atom. The van der Waals surface area contributed by atoms with Gasteiger partial charge in [-0.25, -0.2) is 4.68 Å². The molecule has 1 N–H and O–H groups in total. The van der Waals surface area contributed by atoms with Crippen molar-refractivity contribution in [2.75, 3.05) is 19.0 Å². The SMILES string of the molecule is COc1ccc(Br)cc1-c1nn(-c2ccc(C)c(C)c2)c2c1CCN2. The number of hydrogen-bond donors (Lipinski definition) is 1. The first-order valence-electron chi connectivity index (χ1n) is 8.36. The maximum absolute atomic E-state index is 5.57. The third-order valence-electron chi connectivity index (χ3n) is 4.80. The zero-order chi connectivity index (χ0) is 17.6. The van der Waals surface area contributed by atoms with Crippen LogP contribution in [0.4, 0.5) is 5.82 Å². The van der Waals surface area contributed by atoms with Gasteiger partial charge in [0.05, 0.1) is 12.8 Å². The first-order valence-corrected chi connectivity index (χ1v) is 9.15. The molecule has 0 fully saturated rings. The summed E-state index contributed by atoms with van der Waals surface area (Å²) in [5.74, 6) is 1.92. The highest BCUT2D eigenvalue weighted by molar-refractivity contribution is 9.10. The second kappa shape index (κ2) is 6.23. The van der Waals surface area contributed by atoms with Crippen molar-refractivity contribution in [3.05, 3.63) is 57.6 Å². The lowest BCUT2D eigenvalue weighted by atomic mass is 10.1. The number of benzene rings is 2. The smallest absolute Gasteiger partial charge is 0.133 e. The molecule has 3 aromatic rings. The summed E-state index contributed by atoms with van der Waals surface area (Å²) in [6, 6.07) is 12.5. The second-order valence-electron chi connectivity index (χ2n) is 6.38. The summed E-state index contributed by atoms with van der Waals surface area (Å²) in [4.78, 5) is 0. The number of anilines is 1. The van der Waals surface area contributed by atoms with Crippen LogP contribution >= 0.6 is 15.9 Å². The molecule has 0 amide bonds. The van der Waals surface area contributed by atoms with E-state index in [2.05, 4.69) is 59.4 Å². The number of halogens is 1. The number of aromatic nitrogens is 2. The average Bonchev–Trinajstić information content (AvgIpc) is 3.20. The Kier molecular flexibility index (Phi) is 4.04.